The van der Waals surface area contributed by atoms with Gasteiger partial charge in [-0.15, -0.1) is 0 Å². The molecule has 0 spiro atoms. The van der Waals surface area contributed by atoms with Crippen LogP contribution in [0.15, 0.2) is 152 Å². The highest BCUT2D eigenvalue weighted by Crippen LogP contribution is 2.32. The first-order valence-corrected chi connectivity index (χ1v) is 16.2. The van der Waals surface area contributed by atoms with Gasteiger partial charge in [0.15, 0.2) is 6.29 Å². The molecule has 0 aromatic heterocycles. The van der Waals surface area contributed by atoms with Crippen molar-refractivity contribution in [3.63, 3.8) is 0 Å². The van der Waals surface area contributed by atoms with Crippen molar-refractivity contribution in [1.29, 1.82) is 0 Å². The maximum Gasteiger partial charge on any atom is 0.187 e. The highest BCUT2D eigenvalue weighted by atomic mass is 16.7. The van der Waals surface area contributed by atoms with Gasteiger partial charge in [-0.25, -0.2) is 0 Å². The third-order valence-corrected chi connectivity index (χ3v) is 8.10. The molecule has 6 rings (SSSR count). The van der Waals surface area contributed by atoms with Crippen molar-refractivity contribution in [3.05, 3.63) is 179 Å². The van der Waals surface area contributed by atoms with E-state index in [0.29, 0.717) is 33.0 Å². The van der Waals surface area contributed by atoms with Crippen LogP contribution in [0.3, 0.4) is 0 Å². The zero-order valence-electron chi connectivity index (χ0n) is 26.5. The molecule has 47 heavy (non-hydrogen) atoms. The van der Waals surface area contributed by atoms with Gasteiger partial charge < -0.3 is 28.4 Å². The molecule has 5 atom stereocenters. The Morgan fingerprint density at radius 2 is 0.702 bits per heavy atom. The minimum atomic E-state index is -0.735. The summed E-state index contributed by atoms with van der Waals surface area (Å²) in [5.74, 6) is 0. The first kappa shape index (κ1) is 32.8. The molecule has 242 valence electrons. The SMILES string of the molecule is c1ccc(COC[C@H]2OC(OCc3ccccc3)[C@H](OCc3ccccc3)[C@@H](OCc3ccccc3)[C@@H]2OCc2ccccc2)cc1. The van der Waals surface area contributed by atoms with Crippen LogP contribution in [-0.4, -0.2) is 37.3 Å². The molecule has 5 aromatic rings. The van der Waals surface area contributed by atoms with Gasteiger partial charge in [-0.3, -0.25) is 0 Å². The predicted octanol–water partition coefficient (Wildman–Crippen LogP) is 7.90. The van der Waals surface area contributed by atoms with Crippen molar-refractivity contribution in [1.82, 2.24) is 0 Å². The lowest BCUT2D eigenvalue weighted by atomic mass is 9.97. The molecule has 1 aliphatic rings. The summed E-state index contributed by atoms with van der Waals surface area (Å²) in [6.45, 7) is 2.23. The molecule has 1 saturated heterocycles. The second-order valence-electron chi connectivity index (χ2n) is 11.6. The summed E-state index contributed by atoms with van der Waals surface area (Å²) in [6.07, 6.45) is -2.84. The summed E-state index contributed by atoms with van der Waals surface area (Å²) >= 11 is 0. The number of hydrogen-bond acceptors (Lipinski definition) is 6. The van der Waals surface area contributed by atoms with Crippen LogP contribution in [0.4, 0.5) is 0 Å². The van der Waals surface area contributed by atoms with E-state index < -0.39 is 30.7 Å². The van der Waals surface area contributed by atoms with Gasteiger partial charge in [-0.2, -0.15) is 0 Å². The van der Waals surface area contributed by atoms with Crippen molar-refractivity contribution < 1.29 is 28.4 Å². The van der Waals surface area contributed by atoms with E-state index in [9.17, 15) is 0 Å². The average Bonchev–Trinajstić information content (AvgIpc) is 3.14. The van der Waals surface area contributed by atoms with Crippen molar-refractivity contribution in [2.24, 2.45) is 0 Å². The molecular formula is C41H42O6. The molecule has 0 aliphatic carbocycles. The largest absolute Gasteiger partial charge is 0.374 e. The minimum absolute atomic E-state index is 0.288. The molecule has 0 saturated carbocycles. The highest BCUT2D eigenvalue weighted by molar-refractivity contribution is 5.17. The van der Waals surface area contributed by atoms with Gasteiger partial charge in [-0.05, 0) is 27.8 Å². The molecule has 0 amide bonds. The van der Waals surface area contributed by atoms with Crippen LogP contribution in [0.2, 0.25) is 0 Å². The lowest BCUT2D eigenvalue weighted by Crippen LogP contribution is -2.61. The number of benzene rings is 5. The second kappa shape index (κ2) is 17.7. The van der Waals surface area contributed by atoms with E-state index in [2.05, 4.69) is 36.4 Å². The van der Waals surface area contributed by atoms with Crippen LogP contribution < -0.4 is 0 Å². The van der Waals surface area contributed by atoms with Crippen LogP contribution in [0, 0.1) is 0 Å². The van der Waals surface area contributed by atoms with Crippen LogP contribution in [0.25, 0.3) is 0 Å². The van der Waals surface area contributed by atoms with Gasteiger partial charge in [-0.1, -0.05) is 152 Å². The maximum absolute atomic E-state index is 6.78. The van der Waals surface area contributed by atoms with E-state index in [0.717, 1.165) is 27.8 Å². The zero-order chi connectivity index (χ0) is 31.9. The third-order valence-electron chi connectivity index (χ3n) is 8.10. The summed E-state index contributed by atoms with van der Waals surface area (Å²) in [4.78, 5) is 0. The Labute approximate surface area is 277 Å². The molecule has 1 unspecified atom stereocenters. The summed E-state index contributed by atoms with van der Waals surface area (Å²) < 4.78 is 39.7. The summed E-state index contributed by atoms with van der Waals surface area (Å²) in [6, 6.07) is 50.6. The summed E-state index contributed by atoms with van der Waals surface area (Å²) in [7, 11) is 0. The van der Waals surface area contributed by atoms with E-state index in [-0.39, 0.29) is 6.61 Å². The maximum atomic E-state index is 6.78. The fourth-order valence-electron chi connectivity index (χ4n) is 5.63. The topological polar surface area (TPSA) is 55.4 Å². The number of rotatable bonds is 16. The smallest absolute Gasteiger partial charge is 0.187 e. The van der Waals surface area contributed by atoms with Crippen molar-refractivity contribution >= 4 is 0 Å². The number of hydrogen-bond donors (Lipinski definition) is 0. The van der Waals surface area contributed by atoms with Gasteiger partial charge in [0.2, 0.25) is 0 Å². The Morgan fingerprint density at radius 1 is 0.362 bits per heavy atom. The molecular weight excluding hydrogens is 588 g/mol. The van der Waals surface area contributed by atoms with E-state index in [1.165, 1.54) is 0 Å². The van der Waals surface area contributed by atoms with E-state index in [1.54, 1.807) is 0 Å². The zero-order valence-corrected chi connectivity index (χ0v) is 26.5. The fraction of sp³-hybridized carbons (Fsp3) is 0.268. The Kier molecular flexibility index (Phi) is 12.3. The lowest BCUT2D eigenvalue weighted by Gasteiger charge is -2.46. The Bertz CT molecular complexity index is 1550. The normalized spacial score (nSPS) is 21.0. The minimum Gasteiger partial charge on any atom is -0.374 e. The molecule has 0 bridgehead atoms. The van der Waals surface area contributed by atoms with Gasteiger partial charge in [0.05, 0.1) is 39.6 Å². The monoisotopic (exact) mass is 630 g/mol. The summed E-state index contributed by atoms with van der Waals surface area (Å²) in [5, 5.41) is 0. The fourth-order valence-corrected chi connectivity index (χ4v) is 5.63. The lowest BCUT2D eigenvalue weighted by molar-refractivity contribution is -0.330. The van der Waals surface area contributed by atoms with Gasteiger partial charge in [0.25, 0.3) is 0 Å². The average molecular weight is 631 g/mol. The van der Waals surface area contributed by atoms with Crippen LogP contribution in [0.5, 0.6) is 0 Å². The molecule has 6 nitrogen and oxygen atoms in total. The standard InChI is InChI=1S/C41H42O6/c1-6-16-32(17-7-1)26-42-31-37-38(43-27-33-18-8-2-9-19-33)39(44-28-34-20-10-3-11-21-34)40(45-29-35-22-12-4-13-23-35)41(47-37)46-30-36-24-14-5-15-25-36/h1-25,37-41H,26-31H2/t37-,38-,39+,40-,41?/m1/s1. The van der Waals surface area contributed by atoms with Crippen molar-refractivity contribution in [3.8, 4) is 0 Å². The van der Waals surface area contributed by atoms with Gasteiger partial charge in [0, 0.05) is 0 Å². The van der Waals surface area contributed by atoms with E-state index in [1.807, 2.05) is 115 Å². The van der Waals surface area contributed by atoms with Gasteiger partial charge >= 0.3 is 0 Å². The molecule has 1 fully saturated rings. The molecule has 0 N–H and O–H groups in total. The first-order valence-electron chi connectivity index (χ1n) is 16.2. The Balaban J connectivity index is 1.29. The quantitative estimate of drug-likeness (QED) is 0.111. The van der Waals surface area contributed by atoms with Gasteiger partial charge in [0.1, 0.15) is 24.4 Å². The van der Waals surface area contributed by atoms with Crippen LogP contribution in [0.1, 0.15) is 27.8 Å². The molecule has 6 heteroatoms. The third kappa shape index (κ3) is 9.92. The predicted molar refractivity (Wildman–Crippen MR) is 181 cm³/mol. The highest BCUT2D eigenvalue weighted by Gasteiger charge is 2.49. The van der Waals surface area contributed by atoms with Crippen LogP contribution in [-0.2, 0) is 61.5 Å². The summed E-state index contributed by atoms with van der Waals surface area (Å²) in [5.41, 5.74) is 5.29. The molecule has 1 heterocycles. The molecule has 0 radical (unpaired) electrons. The Hall–Kier alpha value is -4.14. The van der Waals surface area contributed by atoms with E-state index >= 15 is 0 Å². The van der Waals surface area contributed by atoms with Crippen molar-refractivity contribution in [2.45, 2.75) is 63.7 Å². The molecule has 5 aromatic carbocycles. The van der Waals surface area contributed by atoms with Crippen molar-refractivity contribution in [2.75, 3.05) is 6.61 Å². The number of ether oxygens (including phenoxy) is 6. The van der Waals surface area contributed by atoms with Crippen LogP contribution >= 0.6 is 0 Å². The Morgan fingerprint density at radius 3 is 1.13 bits per heavy atom. The second-order valence-corrected chi connectivity index (χ2v) is 11.6. The first-order chi connectivity index (χ1) is 23.3. The van der Waals surface area contributed by atoms with E-state index in [4.69, 9.17) is 28.4 Å². The molecule has 1 aliphatic heterocycles.